The first-order valence-electron chi connectivity index (χ1n) is 11.1. The zero-order chi connectivity index (χ0) is 24.7. The molecule has 0 spiro atoms. The van der Waals surface area contributed by atoms with Crippen LogP contribution in [0.1, 0.15) is 62.7 Å². The number of ether oxygens (including phenoxy) is 1. The van der Waals surface area contributed by atoms with Gasteiger partial charge in [0.15, 0.2) is 5.83 Å². The van der Waals surface area contributed by atoms with Crippen LogP contribution in [-0.4, -0.2) is 20.2 Å². The highest BCUT2D eigenvalue weighted by Gasteiger charge is 2.17. The van der Waals surface area contributed by atoms with Gasteiger partial charge in [0.25, 0.3) is 0 Å². The fourth-order valence-corrected chi connectivity index (χ4v) is 3.94. The molecule has 4 rings (SSSR count). The molecule has 1 N–H and O–H groups in total. The molecule has 5 nitrogen and oxygen atoms in total. The number of nitrogens with one attached hydrogen (secondary N) is 1. The van der Waals surface area contributed by atoms with Gasteiger partial charge in [-0.1, -0.05) is 56.5 Å². The SMILES string of the molecule is CCC.CCc1ccc(/C=C(\F)c2n[nH]c3ccc(OC(C)c4c(Cl)cncc4Cl)cc23)cn1. The van der Waals surface area contributed by atoms with Crippen LogP contribution in [0.4, 0.5) is 4.39 Å². The molecule has 0 amide bonds. The molecule has 0 aliphatic heterocycles. The number of H-pyrrole nitrogens is 1. The van der Waals surface area contributed by atoms with E-state index in [1.54, 1.807) is 24.4 Å². The van der Waals surface area contributed by atoms with Gasteiger partial charge in [-0.05, 0) is 49.2 Å². The molecular formula is C26H27Cl2FN4O. The maximum atomic E-state index is 15.0. The van der Waals surface area contributed by atoms with E-state index in [0.29, 0.717) is 37.8 Å². The van der Waals surface area contributed by atoms with Crippen LogP contribution in [0.25, 0.3) is 22.8 Å². The molecule has 0 fully saturated rings. The van der Waals surface area contributed by atoms with Crippen molar-refractivity contribution in [1.29, 1.82) is 0 Å². The van der Waals surface area contributed by atoms with E-state index in [9.17, 15) is 4.39 Å². The van der Waals surface area contributed by atoms with E-state index >= 15 is 0 Å². The summed E-state index contributed by atoms with van der Waals surface area (Å²) in [6.07, 6.45) is 7.73. The van der Waals surface area contributed by atoms with E-state index in [-0.39, 0.29) is 5.69 Å². The van der Waals surface area contributed by atoms with Crippen molar-refractivity contribution in [2.75, 3.05) is 0 Å². The second-order valence-corrected chi connectivity index (χ2v) is 8.51. The summed E-state index contributed by atoms with van der Waals surface area (Å²) in [6.45, 7) is 8.10. The van der Waals surface area contributed by atoms with E-state index in [2.05, 4.69) is 34.0 Å². The molecule has 178 valence electrons. The molecule has 3 heterocycles. The first-order valence-corrected chi connectivity index (χ1v) is 11.9. The van der Waals surface area contributed by atoms with Crippen molar-refractivity contribution in [3.63, 3.8) is 0 Å². The highest BCUT2D eigenvalue weighted by Crippen LogP contribution is 2.34. The van der Waals surface area contributed by atoms with Crippen LogP contribution in [0.3, 0.4) is 0 Å². The summed E-state index contributed by atoms with van der Waals surface area (Å²) in [5.74, 6) is 0.0658. The zero-order valence-electron chi connectivity index (χ0n) is 19.6. The molecule has 0 radical (unpaired) electrons. The van der Waals surface area contributed by atoms with Gasteiger partial charge in [0.05, 0.1) is 15.6 Å². The lowest BCUT2D eigenvalue weighted by molar-refractivity contribution is 0.227. The summed E-state index contributed by atoms with van der Waals surface area (Å²) >= 11 is 12.5. The number of aromatic amines is 1. The van der Waals surface area contributed by atoms with Gasteiger partial charge >= 0.3 is 0 Å². The largest absolute Gasteiger partial charge is 0.486 e. The number of fused-ring (bicyclic) bond motifs is 1. The first kappa shape index (κ1) is 25.7. The van der Waals surface area contributed by atoms with Crippen LogP contribution < -0.4 is 4.74 Å². The van der Waals surface area contributed by atoms with Crippen molar-refractivity contribution in [2.45, 2.75) is 46.6 Å². The minimum absolute atomic E-state index is 0.202. The van der Waals surface area contributed by atoms with Gasteiger partial charge in [0.1, 0.15) is 17.5 Å². The fraction of sp³-hybridized carbons (Fsp3) is 0.269. The number of rotatable bonds is 6. The van der Waals surface area contributed by atoms with Crippen LogP contribution in [-0.2, 0) is 6.42 Å². The van der Waals surface area contributed by atoms with Crippen LogP contribution in [0.15, 0.2) is 48.9 Å². The lowest BCUT2D eigenvalue weighted by Crippen LogP contribution is -2.05. The van der Waals surface area contributed by atoms with Gasteiger partial charge in [-0.2, -0.15) is 5.10 Å². The Balaban J connectivity index is 0.00000103. The van der Waals surface area contributed by atoms with Crippen molar-refractivity contribution < 1.29 is 9.13 Å². The van der Waals surface area contributed by atoms with Gasteiger partial charge in [0.2, 0.25) is 0 Å². The number of benzene rings is 1. The number of hydrogen-bond acceptors (Lipinski definition) is 4. The monoisotopic (exact) mass is 500 g/mol. The minimum atomic E-state index is -0.470. The summed E-state index contributed by atoms with van der Waals surface area (Å²) in [6, 6.07) is 9.01. The van der Waals surface area contributed by atoms with Crippen molar-refractivity contribution in [3.05, 3.63) is 81.5 Å². The van der Waals surface area contributed by atoms with Crippen molar-refractivity contribution >= 4 is 46.0 Å². The summed E-state index contributed by atoms with van der Waals surface area (Å²) in [5, 5.41) is 8.43. The first-order chi connectivity index (χ1) is 16.4. The normalized spacial score (nSPS) is 12.3. The van der Waals surface area contributed by atoms with Crippen LogP contribution >= 0.6 is 23.2 Å². The maximum Gasteiger partial charge on any atom is 0.151 e. The van der Waals surface area contributed by atoms with E-state index in [1.807, 2.05) is 26.0 Å². The number of nitrogens with zero attached hydrogens (tertiary/aromatic N) is 3. The molecule has 3 aromatic heterocycles. The predicted molar refractivity (Wildman–Crippen MR) is 138 cm³/mol. The summed E-state index contributed by atoms with van der Waals surface area (Å²) < 4.78 is 21.0. The van der Waals surface area contributed by atoms with Crippen LogP contribution in [0.5, 0.6) is 5.75 Å². The van der Waals surface area contributed by atoms with Gasteiger partial charge in [0, 0.05) is 35.2 Å². The number of halogens is 3. The van der Waals surface area contributed by atoms with Crippen molar-refractivity contribution in [2.24, 2.45) is 0 Å². The zero-order valence-corrected chi connectivity index (χ0v) is 21.1. The number of aromatic nitrogens is 4. The molecule has 1 atom stereocenters. The average molecular weight is 501 g/mol. The van der Waals surface area contributed by atoms with Gasteiger partial charge < -0.3 is 4.74 Å². The molecular weight excluding hydrogens is 474 g/mol. The quantitative estimate of drug-likeness (QED) is 0.289. The Bertz CT molecular complexity index is 1250. The number of pyridine rings is 2. The second kappa shape index (κ2) is 12.0. The maximum absolute atomic E-state index is 15.0. The average Bonchev–Trinajstić information content (AvgIpc) is 3.23. The highest BCUT2D eigenvalue weighted by atomic mass is 35.5. The summed E-state index contributed by atoms with van der Waals surface area (Å²) in [7, 11) is 0. The van der Waals surface area contributed by atoms with Crippen LogP contribution in [0, 0.1) is 0 Å². The number of aryl methyl sites for hydroxylation is 1. The van der Waals surface area contributed by atoms with Crippen LogP contribution in [0.2, 0.25) is 10.0 Å². The molecule has 4 aromatic rings. The Morgan fingerprint density at radius 3 is 2.41 bits per heavy atom. The third-order valence-corrected chi connectivity index (χ3v) is 5.48. The topological polar surface area (TPSA) is 63.7 Å². The Kier molecular flexibility index (Phi) is 9.02. The molecule has 8 heteroatoms. The summed E-state index contributed by atoms with van der Waals surface area (Å²) in [5.41, 5.74) is 3.15. The number of hydrogen-bond donors (Lipinski definition) is 1. The molecule has 0 aliphatic rings. The van der Waals surface area contributed by atoms with E-state index in [1.165, 1.54) is 24.9 Å². The van der Waals surface area contributed by atoms with Crippen molar-refractivity contribution in [3.8, 4) is 5.75 Å². The highest BCUT2D eigenvalue weighted by molar-refractivity contribution is 6.35. The van der Waals surface area contributed by atoms with Crippen molar-refractivity contribution in [1.82, 2.24) is 20.2 Å². The molecule has 0 aliphatic carbocycles. The van der Waals surface area contributed by atoms with Gasteiger partial charge in [-0.15, -0.1) is 0 Å². The summed E-state index contributed by atoms with van der Waals surface area (Å²) in [4.78, 5) is 8.26. The molecule has 1 unspecified atom stereocenters. The van der Waals surface area contributed by atoms with Gasteiger partial charge in [-0.3, -0.25) is 15.1 Å². The fourth-order valence-electron chi connectivity index (χ4n) is 3.27. The third-order valence-electron chi connectivity index (χ3n) is 4.87. The Hall–Kier alpha value is -2.96. The van der Waals surface area contributed by atoms with Gasteiger partial charge in [-0.25, -0.2) is 4.39 Å². The predicted octanol–water partition coefficient (Wildman–Crippen LogP) is 8.25. The standard InChI is InChI=1S/C23H19Cl2FN4O.C3H8/c1-3-15-5-4-14(10-28-15)8-20(26)23-17-9-16(6-7-21(17)29-30-23)31-13(2)22-18(24)11-27-12-19(22)25;1-3-2/h4-13H,3H2,1-2H3,(H,29,30);3H2,1-2H3/b20-8-;. The Morgan fingerprint density at radius 1 is 1.09 bits per heavy atom. The molecule has 0 bridgehead atoms. The van der Waals surface area contributed by atoms with E-state index in [4.69, 9.17) is 27.9 Å². The molecule has 34 heavy (non-hydrogen) atoms. The Labute approximate surface area is 209 Å². The smallest absolute Gasteiger partial charge is 0.151 e. The third kappa shape index (κ3) is 6.13. The molecule has 0 saturated carbocycles. The lowest BCUT2D eigenvalue weighted by Gasteiger charge is -2.17. The molecule has 0 saturated heterocycles. The molecule has 1 aromatic carbocycles. The lowest BCUT2D eigenvalue weighted by atomic mass is 10.1. The second-order valence-electron chi connectivity index (χ2n) is 7.69. The van der Waals surface area contributed by atoms with E-state index < -0.39 is 11.9 Å². The van der Waals surface area contributed by atoms with E-state index in [0.717, 1.165) is 12.1 Å². The Morgan fingerprint density at radius 2 is 1.79 bits per heavy atom. The minimum Gasteiger partial charge on any atom is -0.486 e.